The second-order valence-electron chi connectivity index (χ2n) is 5.39. The van der Waals surface area contributed by atoms with Gasteiger partial charge in [-0.05, 0) is 13.0 Å². The molecule has 0 fully saturated rings. The van der Waals surface area contributed by atoms with Gasteiger partial charge in [0.1, 0.15) is 10.7 Å². The van der Waals surface area contributed by atoms with E-state index in [0.29, 0.717) is 19.5 Å². The van der Waals surface area contributed by atoms with Crippen molar-refractivity contribution in [2.24, 2.45) is 0 Å². The van der Waals surface area contributed by atoms with Crippen LogP contribution in [0, 0.1) is 0 Å². The summed E-state index contributed by atoms with van der Waals surface area (Å²) >= 11 is 1.59. The SMILES string of the molecule is CCn1nc(C(=O)NCCc2csc(-c3ccccc3)n2)ccc1=O. The molecule has 7 heteroatoms. The molecular formula is C18H18N4O2S. The minimum absolute atomic E-state index is 0.213. The molecular weight excluding hydrogens is 336 g/mol. The molecule has 0 saturated heterocycles. The van der Waals surface area contributed by atoms with Crippen LogP contribution in [-0.4, -0.2) is 27.2 Å². The van der Waals surface area contributed by atoms with Gasteiger partial charge in [0.05, 0.1) is 5.69 Å². The number of thiazole rings is 1. The van der Waals surface area contributed by atoms with Crippen LogP contribution in [0.1, 0.15) is 23.1 Å². The highest BCUT2D eigenvalue weighted by Gasteiger charge is 2.09. The van der Waals surface area contributed by atoms with E-state index in [1.165, 1.54) is 16.8 Å². The maximum atomic E-state index is 12.1. The van der Waals surface area contributed by atoms with E-state index in [0.717, 1.165) is 16.3 Å². The van der Waals surface area contributed by atoms with Crippen molar-refractivity contribution in [1.82, 2.24) is 20.1 Å². The lowest BCUT2D eigenvalue weighted by Gasteiger charge is -2.05. The quantitative estimate of drug-likeness (QED) is 0.737. The summed E-state index contributed by atoms with van der Waals surface area (Å²) in [6.07, 6.45) is 0.641. The van der Waals surface area contributed by atoms with E-state index in [4.69, 9.17) is 0 Å². The summed E-state index contributed by atoms with van der Waals surface area (Å²) in [7, 11) is 0. The van der Waals surface area contributed by atoms with E-state index < -0.39 is 0 Å². The van der Waals surface area contributed by atoms with Crippen molar-refractivity contribution >= 4 is 17.2 Å². The molecule has 25 heavy (non-hydrogen) atoms. The number of carbonyl (C=O) groups is 1. The van der Waals surface area contributed by atoms with Crippen LogP contribution in [0.5, 0.6) is 0 Å². The molecule has 0 bridgehead atoms. The van der Waals surface area contributed by atoms with E-state index in [-0.39, 0.29) is 17.2 Å². The standard InChI is InChI=1S/C18H18N4O2S/c1-2-22-16(23)9-8-15(21-22)17(24)19-11-10-14-12-25-18(20-14)13-6-4-3-5-7-13/h3-9,12H,2,10-11H2,1H3,(H,19,24). The summed E-state index contributed by atoms with van der Waals surface area (Å²) in [5.41, 5.74) is 2.06. The summed E-state index contributed by atoms with van der Waals surface area (Å²) < 4.78 is 1.27. The molecule has 1 N–H and O–H groups in total. The number of nitrogens with one attached hydrogen (secondary N) is 1. The molecule has 0 spiro atoms. The van der Waals surface area contributed by atoms with Crippen molar-refractivity contribution in [3.8, 4) is 10.6 Å². The number of aromatic nitrogens is 3. The highest BCUT2D eigenvalue weighted by atomic mass is 32.1. The number of rotatable bonds is 6. The molecule has 3 aromatic rings. The summed E-state index contributed by atoms with van der Waals surface area (Å²) in [6.45, 7) is 2.70. The molecule has 0 saturated carbocycles. The topological polar surface area (TPSA) is 76.9 Å². The third-order valence-corrected chi connectivity index (χ3v) is 4.58. The number of amides is 1. The lowest BCUT2D eigenvalue weighted by Crippen LogP contribution is -2.30. The van der Waals surface area contributed by atoms with Gasteiger partial charge in [-0.25, -0.2) is 9.67 Å². The fourth-order valence-electron chi connectivity index (χ4n) is 2.33. The van der Waals surface area contributed by atoms with Gasteiger partial charge in [-0.3, -0.25) is 9.59 Å². The largest absolute Gasteiger partial charge is 0.350 e. The Bertz CT molecular complexity index is 918. The zero-order chi connectivity index (χ0) is 17.6. The number of hydrogen-bond donors (Lipinski definition) is 1. The third-order valence-electron chi connectivity index (χ3n) is 3.64. The van der Waals surface area contributed by atoms with E-state index in [2.05, 4.69) is 15.4 Å². The highest BCUT2D eigenvalue weighted by molar-refractivity contribution is 7.13. The Morgan fingerprint density at radius 1 is 1.20 bits per heavy atom. The van der Waals surface area contributed by atoms with E-state index in [9.17, 15) is 9.59 Å². The smallest absolute Gasteiger partial charge is 0.271 e. The Kier molecular flexibility index (Phi) is 5.35. The Balaban J connectivity index is 1.57. The number of carbonyl (C=O) groups excluding carboxylic acids is 1. The highest BCUT2D eigenvalue weighted by Crippen LogP contribution is 2.23. The minimum atomic E-state index is -0.291. The van der Waals surface area contributed by atoms with Crippen LogP contribution in [0.25, 0.3) is 10.6 Å². The van der Waals surface area contributed by atoms with Gasteiger partial charge in [0.25, 0.3) is 11.5 Å². The molecule has 6 nitrogen and oxygen atoms in total. The second-order valence-corrected chi connectivity index (χ2v) is 6.25. The van der Waals surface area contributed by atoms with Crippen molar-refractivity contribution in [3.63, 3.8) is 0 Å². The summed E-state index contributed by atoms with van der Waals surface area (Å²) in [6, 6.07) is 12.8. The minimum Gasteiger partial charge on any atom is -0.350 e. The first-order valence-corrected chi connectivity index (χ1v) is 8.91. The Morgan fingerprint density at radius 2 is 2.00 bits per heavy atom. The maximum absolute atomic E-state index is 12.1. The van der Waals surface area contributed by atoms with Gasteiger partial charge in [-0.15, -0.1) is 11.3 Å². The van der Waals surface area contributed by atoms with Crippen LogP contribution in [0.2, 0.25) is 0 Å². The fraction of sp³-hybridized carbons (Fsp3) is 0.222. The van der Waals surface area contributed by atoms with Gasteiger partial charge in [0.15, 0.2) is 0 Å². The molecule has 0 aliphatic carbocycles. The van der Waals surface area contributed by atoms with Crippen molar-refractivity contribution < 1.29 is 4.79 Å². The van der Waals surface area contributed by atoms with Gasteiger partial charge in [-0.2, -0.15) is 5.10 Å². The van der Waals surface area contributed by atoms with E-state index in [1.54, 1.807) is 11.3 Å². The number of hydrogen-bond acceptors (Lipinski definition) is 5. The number of aryl methyl sites for hydroxylation is 1. The molecule has 0 atom stereocenters. The maximum Gasteiger partial charge on any atom is 0.271 e. The van der Waals surface area contributed by atoms with Crippen LogP contribution in [0.15, 0.2) is 52.6 Å². The lowest BCUT2D eigenvalue weighted by molar-refractivity contribution is 0.0946. The van der Waals surface area contributed by atoms with Gasteiger partial charge >= 0.3 is 0 Å². The number of benzene rings is 1. The predicted molar refractivity (Wildman–Crippen MR) is 97.8 cm³/mol. The average Bonchev–Trinajstić information content (AvgIpc) is 3.11. The summed E-state index contributed by atoms with van der Waals surface area (Å²) in [5, 5.41) is 9.83. The predicted octanol–water partition coefficient (Wildman–Crippen LogP) is 2.36. The molecule has 0 aliphatic heterocycles. The third kappa shape index (κ3) is 4.19. The van der Waals surface area contributed by atoms with Gasteiger partial charge < -0.3 is 5.32 Å². The monoisotopic (exact) mass is 354 g/mol. The van der Waals surface area contributed by atoms with Crippen LogP contribution in [0.3, 0.4) is 0 Å². The molecule has 0 aliphatic rings. The number of nitrogens with zero attached hydrogens (tertiary/aromatic N) is 3. The lowest BCUT2D eigenvalue weighted by atomic mass is 10.2. The molecule has 3 rings (SSSR count). The summed E-state index contributed by atoms with van der Waals surface area (Å²) in [5.74, 6) is -0.291. The van der Waals surface area contributed by atoms with Crippen molar-refractivity contribution in [3.05, 3.63) is 69.6 Å². The zero-order valence-corrected chi connectivity index (χ0v) is 14.6. The Hall–Kier alpha value is -2.80. The normalized spacial score (nSPS) is 10.6. The van der Waals surface area contributed by atoms with Crippen molar-refractivity contribution in [2.45, 2.75) is 19.9 Å². The van der Waals surface area contributed by atoms with E-state index in [1.807, 2.05) is 42.6 Å². The van der Waals surface area contributed by atoms with Crippen LogP contribution in [0.4, 0.5) is 0 Å². The molecule has 2 heterocycles. The average molecular weight is 354 g/mol. The summed E-state index contributed by atoms with van der Waals surface area (Å²) in [4.78, 5) is 28.2. The zero-order valence-electron chi connectivity index (χ0n) is 13.8. The van der Waals surface area contributed by atoms with Gasteiger partial charge in [0.2, 0.25) is 0 Å². The molecule has 1 amide bonds. The Labute approximate surface area is 149 Å². The molecule has 0 unspecified atom stereocenters. The molecule has 2 aromatic heterocycles. The first-order chi connectivity index (χ1) is 12.2. The first-order valence-electron chi connectivity index (χ1n) is 8.03. The van der Waals surface area contributed by atoms with Gasteiger partial charge in [0, 0.05) is 36.5 Å². The molecule has 128 valence electrons. The second kappa shape index (κ2) is 7.85. The van der Waals surface area contributed by atoms with Crippen molar-refractivity contribution in [2.75, 3.05) is 6.54 Å². The molecule has 0 radical (unpaired) electrons. The van der Waals surface area contributed by atoms with Crippen molar-refractivity contribution in [1.29, 1.82) is 0 Å². The van der Waals surface area contributed by atoms with Crippen LogP contribution in [-0.2, 0) is 13.0 Å². The van der Waals surface area contributed by atoms with E-state index >= 15 is 0 Å². The van der Waals surface area contributed by atoms with Gasteiger partial charge in [-0.1, -0.05) is 30.3 Å². The first kappa shape index (κ1) is 17.0. The van der Waals surface area contributed by atoms with Crippen LogP contribution < -0.4 is 10.9 Å². The van der Waals surface area contributed by atoms with Crippen LogP contribution >= 0.6 is 11.3 Å². The Morgan fingerprint density at radius 3 is 2.76 bits per heavy atom. The fourth-order valence-corrected chi connectivity index (χ4v) is 3.19. The molecule has 1 aromatic carbocycles.